The quantitative estimate of drug-likeness (QED) is 0.551. The van der Waals surface area contributed by atoms with Gasteiger partial charge in [-0.1, -0.05) is 82.6 Å². The fraction of sp³-hybridized carbons (Fsp3) is 0.400. The van der Waals surface area contributed by atoms with Crippen LogP contribution in [-0.2, 0) is 10.2 Å². The summed E-state index contributed by atoms with van der Waals surface area (Å²) in [5, 5.41) is 3.75. The van der Waals surface area contributed by atoms with Crippen molar-refractivity contribution in [1.82, 2.24) is 10.2 Å². The van der Waals surface area contributed by atoms with Gasteiger partial charge in [-0.25, -0.2) is 0 Å². The minimum absolute atomic E-state index is 0.0941. The summed E-state index contributed by atoms with van der Waals surface area (Å²) in [6.45, 7) is 13.4. The van der Waals surface area contributed by atoms with Crippen molar-refractivity contribution in [3.05, 3.63) is 76.3 Å². The van der Waals surface area contributed by atoms with Crippen molar-refractivity contribution in [3.63, 3.8) is 0 Å². The van der Waals surface area contributed by atoms with E-state index in [1.165, 1.54) is 11.1 Å². The number of carbonyl (C=O) groups is 1. The minimum atomic E-state index is -0.0941. The lowest BCUT2D eigenvalue weighted by atomic mass is 9.86. The molecule has 1 amide bonds. The van der Waals surface area contributed by atoms with Crippen LogP contribution in [0.4, 0.5) is 0 Å². The van der Waals surface area contributed by atoms with E-state index >= 15 is 0 Å². The highest BCUT2D eigenvalue weighted by Crippen LogP contribution is 2.26. The molecule has 0 fully saturated rings. The number of amides is 1. The highest BCUT2D eigenvalue weighted by molar-refractivity contribution is 6.30. The van der Waals surface area contributed by atoms with Gasteiger partial charge >= 0.3 is 0 Å². The summed E-state index contributed by atoms with van der Waals surface area (Å²) in [5.41, 5.74) is 3.62. The summed E-state index contributed by atoms with van der Waals surface area (Å²) in [5.74, 6) is -0.0941. The highest BCUT2D eigenvalue weighted by atomic mass is 35.5. The van der Waals surface area contributed by atoms with Gasteiger partial charge in [0.25, 0.3) is 0 Å². The Hall–Kier alpha value is -2.10. The molecule has 2 aromatic carbocycles. The zero-order valence-corrected chi connectivity index (χ0v) is 19.0. The standard InChI is InChI=1S/C25H33ClN2O/c1-6-28(7-2)23(20-11-13-21(14-12-20)25(3,4)5)18-27-24(29)17-10-19-8-15-22(26)16-9-19/h8-17,23H,6-7,18H2,1-5H3,(H,27,29)/b17-10+. The molecule has 156 valence electrons. The van der Waals surface area contributed by atoms with Crippen LogP contribution in [-0.4, -0.2) is 30.4 Å². The molecule has 4 heteroatoms. The Morgan fingerprint density at radius 3 is 2.14 bits per heavy atom. The first-order valence-corrected chi connectivity index (χ1v) is 10.7. The molecule has 1 unspecified atom stereocenters. The summed E-state index contributed by atoms with van der Waals surface area (Å²) >= 11 is 5.90. The molecule has 0 radical (unpaired) electrons. The van der Waals surface area contributed by atoms with Gasteiger partial charge in [0.2, 0.25) is 5.91 Å². The zero-order chi connectivity index (χ0) is 21.4. The Balaban J connectivity index is 2.08. The van der Waals surface area contributed by atoms with E-state index in [2.05, 4.69) is 69.1 Å². The maximum absolute atomic E-state index is 12.4. The van der Waals surface area contributed by atoms with Gasteiger partial charge in [0.1, 0.15) is 0 Å². The van der Waals surface area contributed by atoms with Gasteiger partial charge in [0, 0.05) is 17.6 Å². The van der Waals surface area contributed by atoms with Crippen LogP contribution < -0.4 is 5.32 Å². The van der Waals surface area contributed by atoms with Crippen LogP contribution in [0.3, 0.4) is 0 Å². The van der Waals surface area contributed by atoms with E-state index in [-0.39, 0.29) is 17.4 Å². The van der Waals surface area contributed by atoms with Gasteiger partial charge in [-0.15, -0.1) is 0 Å². The van der Waals surface area contributed by atoms with E-state index in [9.17, 15) is 4.79 Å². The molecule has 0 aliphatic rings. The maximum Gasteiger partial charge on any atom is 0.244 e. The second-order valence-corrected chi connectivity index (χ2v) is 8.68. The van der Waals surface area contributed by atoms with Crippen LogP contribution in [0.15, 0.2) is 54.6 Å². The molecular weight excluding hydrogens is 380 g/mol. The molecule has 2 rings (SSSR count). The van der Waals surface area contributed by atoms with E-state index in [4.69, 9.17) is 11.6 Å². The molecule has 0 heterocycles. The molecule has 0 saturated heterocycles. The third-order valence-corrected chi connectivity index (χ3v) is 5.43. The van der Waals surface area contributed by atoms with Crippen LogP contribution in [0.2, 0.25) is 5.02 Å². The van der Waals surface area contributed by atoms with Crippen molar-refractivity contribution in [2.75, 3.05) is 19.6 Å². The Morgan fingerprint density at radius 1 is 1.03 bits per heavy atom. The first-order chi connectivity index (χ1) is 13.7. The van der Waals surface area contributed by atoms with Crippen LogP contribution in [0.5, 0.6) is 0 Å². The summed E-state index contributed by atoms with van der Waals surface area (Å²) in [7, 11) is 0. The van der Waals surface area contributed by atoms with Crippen molar-refractivity contribution in [1.29, 1.82) is 0 Å². The number of hydrogen-bond acceptors (Lipinski definition) is 2. The molecule has 1 atom stereocenters. The molecule has 2 aromatic rings. The molecule has 1 N–H and O–H groups in total. The number of hydrogen-bond donors (Lipinski definition) is 1. The van der Waals surface area contributed by atoms with Crippen molar-refractivity contribution in [3.8, 4) is 0 Å². The van der Waals surface area contributed by atoms with Crippen molar-refractivity contribution >= 4 is 23.6 Å². The number of carbonyl (C=O) groups excluding carboxylic acids is 1. The summed E-state index contributed by atoms with van der Waals surface area (Å²) in [6, 6.07) is 16.4. The van der Waals surface area contributed by atoms with Crippen molar-refractivity contribution < 1.29 is 4.79 Å². The summed E-state index contributed by atoms with van der Waals surface area (Å²) in [6.07, 6.45) is 3.38. The molecule has 0 aliphatic heterocycles. The van der Waals surface area contributed by atoms with Crippen molar-refractivity contribution in [2.24, 2.45) is 0 Å². The summed E-state index contributed by atoms with van der Waals surface area (Å²) in [4.78, 5) is 14.7. The normalized spacial score (nSPS) is 13.1. The third kappa shape index (κ3) is 7.02. The number of likely N-dealkylation sites (N-methyl/N-ethyl adjacent to an activating group) is 1. The molecule has 0 saturated carbocycles. The van der Waals surface area contributed by atoms with Gasteiger partial charge in [0.05, 0.1) is 6.04 Å². The number of nitrogens with zero attached hydrogens (tertiary/aromatic N) is 1. The lowest BCUT2D eigenvalue weighted by molar-refractivity contribution is -0.116. The lowest BCUT2D eigenvalue weighted by Gasteiger charge is -2.30. The van der Waals surface area contributed by atoms with Gasteiger partial charge in [-0.2, -0.15) is 0 Å². The van der Waals surface area contributed by atoms with Crippen molar-refractivity contribution in [2.45, 2.75) is 46.1 Å². The largest absolute Gasteiger partial charge is 0.351 e. The molecule has 0 aromatic heterocycles. The Morgan fingerprint density at radius 2 is 1.62 bits per heavy atom. The molecule has 29 heavy (non-hydrogen) atoms. The third-order valence-electron chi connectivity index (χ3n) is 5.18. The second-order valence-electron chi connectivity index (χ2n) is 8.24. The first-order valence-electron chi connectivity index (χ1n) is 10.3. The Labute approximate surface area is 180 Å². The molecular formula is C25H33ClN2O. The molecule has 0 bridgehead atoms. The molecule has 0 aliphatic carbocycles. The fourth-order valence-electron chi connectivity index (χ4n) is 3.33. The number of benzene rings is 2. The lowest BCUT2D eigenvalue weighted by Crippen LogP contribution is -2.37. The van der Waals surface area contributed by atoms with E-state index in [1.54, 1.807) is 12.2 Å². The van der Waals surface area contributed by atoms with Crippen LogP contribution in [0, 0.1) is 0 Å². The smallest absolute Gasteiger partial charge is 0.244 e. The number of rotatable bonds is 8. The van der Waals surface area contributed by atoms with Gasteiger partial charge in [-0.3, -0.25) is 9.69 Å². The summed E-state index contributed by atoms with van der Waals surface area (Å²) < 4.78 is 0. The average molecular weight is 413 g/mol. The first kappa shape index (κ1) is 23.2. The van der Waals surface area contributed by atoms with E-state index < -0.39 is 0 Å². The number of nitrogens with one attached hydrogen (secondary N) is 1. The highest BCUT2D eigenvalue weighted by Gasteiger charge is 2.20. The monoisotopic (exact) mass is 412 g/mol. The maximum atomic E-state index is 12.4. The van der Waals surface area contributed by atoms with Crippen LogP contribution in [0.25, 0.3) is 6.08 Å². The average Bonchev–Trinajstić information content (AvgIpc) is 2.70. The number of halogens is 1. The van der Waals surface area contributed by atoms with Crippen LogP contribution in [0.1, 0.15) is 57.4 Å². The predicted molar refractivity (Wildman–Crippen MR) is 124 cm³/mol. The van der Waals surface area contributed by atoms with Crippen LogP contribution >= 0.6 is 11.6 Å². The van der Waals surface area contributed by atoms with E-state index in [1.807, 2.05) is 24.3 Å². The fourth-order valence-corrected chi connectivity index (χ4v) is 3.46. The molecule has 3 nitrogen and oxygen atoms in total. The predicted octanol–water partition coefficient (Wildman–Crippen LogP) is 5.85. The topological polar surface area (TPSA) is 32.3 Å². The van der Waals surface area contributed by atoms with Gasteiger partial charge in [-0.05, 0) is 53.4 Å². The molecule has 0 spiro atoms. The zero-order valence-electron chi connectivity index (χ0n) is 18.2. The van der Waals surface area contributed by atoms with E-state index in [0.29, 0.717) is 11.6 Å². The van der Waals surface area contributed by atoms with Gasteiger partial charge in [0.15, 0.2) is 0 Å². The Kier molecular flexibility index (Phi) is 8.48. The van der Waals surface area contributed by atoms with E-state index in [0.717, 1.165) is 18.7 Å². The minimum Gasteiger partial charge on any atom is -0.351 e. The second kappa shape index (κ2) is 10.6. The SMILES string of the molecule is CCN(CC)C(CNC(=O)/C=C/c1ccc(Cl)cc1)c1ccc(C(C)(C)C)cc1. The Bertz CT molecular complexity index is 800. The van der Waals surface area contributed by atoms with Gasteiger partial charge < -0.3 is 5.32 Å².